The topological polar surface area (TPSA) is 95.9 Å². The lowest BCUT2D eigenvalue weighted by molar-refractivity contribution is -0.137. The van der Waals surface area contributed by atoms with Gasteiger partial charge in [0.25, 0.3) is 11.8 Å². The zero-order chi connectivity index (χ0) is 16.3. The second-order valence-electron chi connectivity index (χ2n) is 4.74. The molecule has 22 heavy (non-hydrogen) atoms. The molecule has 0 radical (unpaired) electrons. The van der Waals surface area contributed by atoms with Crippen molar-refractivity contribution in [3.8, 4) is 0 Å². The number of nitrogens with one attached hydrogen (secondary N) is 1. The summed E-state index contributed by atoms with van der Waals surface area (Å²) in [4.78, 5) is 36.5. The number of aliphatic hydroxyl groups is 1. The molecule has 0 bridgehead atoms. The third-order valence-electron chi connectivity index (χ3n) is 3.18. The molecule has 0 aromatic heterocycles. The van der Waals surface area contributed by atoms with E-state index in [1.807, 2.05) is 6.92 Å². The highest BCUT2D eigenvalue weighted by molar-refractivity contribution is 6.17. The van der Waals surface area contributed by atoms with E-state index in [0.29, 0.717) is 5.69 Å². The number of rotatable bonds is 5. The monoisotopic (exact) mass is 304 g/mol. The maximum absolute atomic E-state index is 12.1. The van der Waals surface area contributed by atoms with Crippen molar-refractivity contribution in [3.05, 3.63) is 41.1 Å². The summed E-state index contributed by atoms with van der Waals surface area (Å²) in [6, 6.07) is 5.03. The van der Waals surface area contributed by atoms with Crippen molar-refractivity contribution in [1.29, 1.82) is 0 Å². The van der Waals surface area contributed by atoms with E-state index in [1.54, 1.807) is 18.2 Å². The molecule has 116 valence electrons. The van der Waals surface area contributed by atoms with Gasteiger partial charge in [-0.3, -0.25) is 14.5 Å². The van der Waals surface area contributed by atoms with Crippen molar-refractivity contribution in [1.82, 2.24) is 4.90 Å². The molecule has 0 unspecified atom stereocenters. The van der Waals surface area contributed by atoms with Crippen molar-refractivity contribution in [2.75, 3.05) is 25.6 Å². The summed E-state index contributed by atoms with van der Waals surface area (Å²) in [5.41, 5.74) is 1.54. The van der Waals surface area contributed by atoms with Gasteiger partial charge in [0.1, 0.15) is 5.70 Å². The Morgan fingerprint density at radius 1 is 1.36 bits per heavy atom. The Balaban J connectivity index is 2.29. The van der Waals surface area contributed by atoms with Crippen molar-refractivity contribution in [3.63, 3.8) is 0 Å². The van der Waals surface area contributed by atoms with E-state index in [-0.39, 0.29) is 24.4 Å². The molecule has 1 aliphatic rings. The minimum absolute atomic E-state index is 0.0486. The number of aryl methyl sites for hydroxylation is 1. The first-order chi connectivity index (χ1) is 10.5. The van der Waals surface area contributed by atoms with E-state index in [9.17, 15) is 14.4 Å². The molecule has 0 aliphatic carbocycles. The molecule has 0 saturated heterocycles. The zero-order valence-corrected chi connectivity index (χ0v) is 12.3. The van der Waals surface area contributed by atoms with Gasteiger partial charge in [0.2, 0.25) is 0 Å². The number of benzene rings is 1. The Labute approximate surface area is 127 Å². The lowest BCUT2D eigenvalue weighted by Gasteiger charge is -2.15. The summed E-state index contributed by atoms with van der Waals surface area (Å²) >= 11 is 0. The van der Waals surface area contributed by atoms with Crippen molar-refractivity contribution in [2.24, 2.45) is 0 Å². The number of hydrogen-bond donors (Lipinski definition) is 2. The maximum atomic E-state index is 12.1. The molecule has 0 atom stereocenters. The van der Waals surface area contributed by atoms with Crippen LogP contribution in [-0.2, 0) is 14.3 Å². The van der Waals surface area contributed by atoms with Crippen molar-refractivity contribution < 1.29 is 24.2 Å². The summed E-state index contributed by atoms with van der Waals surface area (Å²) in [6.07, 6.45) is 1.14. The fourth-order valence-corrected chi connectivity index (χ4v) is 2.10. The summed E-state index contributed by atoms with van der Waals surface area (Å²) in [5.74, 6) is -1.60. The largest absolute Gasteiger partial charge is 0.465 e. The number of hydrogen-bond acceptors (Lipinski definition) is 6. The fourth-order valence-electron chi connectivity index (χ4n) is 2.10. The zero-order valence-electron chi connectivity index (χ0n) is 12.3. The molecular weight excluding hydrogens is 288 g/mol. The van der Waals surface area contributed by atoms with Crippen LogP contribution in [0.25, 0.3) is 0 Å². The average molecular weight is 304 g/mol. The van der Waals surface area contributed by atoms with E-state index < -0.39 is 17.8 Å². The summed E-state index contributed by atoms with van der Waals surface area (Å²) in [7, 11) is 1.26. The summed E-state index contributed by atoms with van der Waals surface area (Å²) in [6.45, 7) is 1.44. The molecule has 2 rings (SSSR count). The van der Waals surface area contributed by atoms with Gasteiger partial charge in [0.05, 0.1) is 31.5 Å². The number of ether oxygens (including phenoxy) is 1. The molecule has 1 heterocycles. The van der Waals surface area contributed by atoms with Gasteiger partial charge < -0.3 is 15.2 Å². The minimum atomic E-state index is -0.546. The van der Waals surface area contributed by atoms with Crippen LogP contribution < -0.4 is 5.32 Å². The van der Waals surface area contributed by atoms with Crippen LogP contribution in [0.4, 0.5) is 5.69 Å². The number of amides is 2. The van der Waals surface area contributed by atoms with Gasteiger partial charge in [-0.1, -0.05) is 11.6 Å². The maximum Gasteiger partial charge on any atom is 0.339 e. The second kappa shape index (κ2) is 6.40. The predicted molar refractivity (Wildman–Crippen MR) is 78.0 cm³/mol. The van der Waals surface area contributed by atoms with Crippen LogP contribution >= 0.6 is 0 Å². The Bertz CT molecular complexity index is 666. The summed E-state index contributed by atoms with van der Waals surface area (Å²) < 4.78 is 4.71. The highest BCUT2D eigenvalue weighted by atomic mass is 16.5. The lowest BCUT2D eigenvalue weighted by Crippen LogP contribution is -2.34. The molecule has 7 nitrogen and oxygen atoms in total. The van der Waals surface area contributed by atoms with E-state index in [4.69, 9.17) is 9.84 Å². The van der Waals surface area contributed by atoms with Crippen LogP contribution in [0.2, 0.25) is 0 Å². The standard InChI is InChI=1S/C15H16N2O5/c1-9-3-4-11(10(7-9)15(21)22-2)16-12-8-13(19)17(5-6-18)14(12)20/h3-4,7-8,16,18H,5-6H2,1-2H3. The first-order valence-electron chi connectivity index (χ1n) is 6.62. The number of aliphatic hydroxyl groups excluding tert-OH is 1. The van der Waals surface area contributed by atoms with Crippen LogP contribution in [0, 0.1) is 6.92 Å². The number of methoxy groups -OCH3 is 1. The van der Waals surface area contributed by atoms with Crippen LogP contribution in [0.15, 0.2) is 30.0 Å². The second-order valence-corrected chi connectivity index (χ2v) is 4.74. The quantitative estimate of drug-likeness (QED) is 0.605. The number of carbonyl (C=O) groups excluding carboxylic acids is 3. The van der Waals surface area contributed by atoms with Gasteiger partial charge in [-0.15, -0.1) is 0 Å². The molecule has 2 amide bonds. The van der Waals surface area contributed by atoms with Gasteiger partial charge in [-0.25, -0.2) is 4.79 Å². The average Bonchev–Trinajstić information content (AvgIpc) is 2.76. The molecule has 7 heteroatoms. The SMILES string of the molecule is COC(=O)c1cc(C)ccc1NC1=CC(=O)N(CCO)C1=O. The van der Waals surface area contributed by atoms with Crippen LogP contribution in [0.5, 0.6) is 0 Å². The third kappa shape index (κ3) is 2.99. The Kier molecular flexibility index (Phi) is 4.57. The molecule has 1 aromatic rings. The number of β-amino-alcohol motifs (C(OH)–C–C–N with tert-alkyl or cyclic N) is 1. The van der Waals surface area contributed by atoms with Crippen molar-refractivity contribution >= 4 is 23.5 Å². The van der Waals surface area contributed by atoms with Crippen LogP contribution in [0.1, 0.15) is 15.9 Å². The van der Waals surface area contributed by atoms with E-state index in [0.717, 1.165) is 16.5 Å². The number of imide groups is 1. The third-order valence-corrected chi connectivity index (χ3v) is 3.18. The van der Waals surface area contributed by atoms with Crippen LogP contribution in [0.3, 0.4) is 0 Å². The minimum Gasteiger partial charge on any atom is -0.465 e. The molecule has 0 saturated carbocycles. The van der Waals surface area contributed by atoms with Crippen molar-refractivity contribution in [2.45, 2.75) is 6.92 Å². The molecule has 1 aliphatic heterocycles. The number of anilines is 1. The Morgan fingerprint density at radius 3 is 2.73 bits per heavy atom. The first-order valence-corrected chi connectivity index (χ1v) is 6.62. The van der Waals surface area contributed by atoms with Gasteiger partial charge in [0.15, 0.2) is 0 Å². The highest BCUT2D eigenvalue weighted by Gasteiger charge is 2.31. The normalized spacial score (nSPS) is 14.1. The lowest BCUT2D eigenvalue weighted by atomic mass is 10.1. The predicted octanol–water partition coefficient (Wildman–Crippen LogP) is 0.439. The smallest absolute Gasteiger partial charge is 0.339 e. The van der Waals surface area contributed by atoms with Gasteiger partial charge in [-0.2, -0.15) is 0 Å². The fraction of sp³-hybridized carbons (Fsp3) is 0.267. The Hall–Kier alpha value is -2.67. The Morgan fingerprint density at radius 2 is 2.09 bits per heavy atom. The van der Waals surface area contributed by atoms with E-state index in [2.05, 4.69) is 5.32 Å². The van der Waals surface area contributed by atoms with Crippen LogP contribution in [-0.4, -0.2) is 48.1 Å². The van der Waals surface area contributed by atoms with Gasteiger partial charge >= 0.3 is 5.97 Å². The molecule has 2 N–H and O–H groups in total. The van der Waals surface area contributed by atoms with Gasteiger partial charge in [0, 0.05) is 6.08 Å². The highest BCUT2D eigenvalue weighted by Crippen LogP contribution is 2.22. The first kappa shape index (κ1) is 15.7. The van der Waals surface area contributed by atoms with E-state index in [1.165, 1.54) is 7.11 Å². The molecule has 0 fully saturated rings. The van der Waals surface area contributed by atoms with E-state index >= 15 is 0 Å². The molecule has 1 aromatic carbocycles. The number of carbonyl (C=O) groups is 3. The molecular formula is C15H16N2O5. The van der Waals surface area contributed by atoms with Gasteiger partial charge in [-0.05, 0) is 19.1 Å². The number of nitrogens with zero attached hydrogens (tertiary/aromatic N) is 1. The molecule has 0 spiro atoms. The summed E-state index contributed by atoms with van der Waals surface area (Å²) in [5, 5.41) is 11.7. The number of esters is 1.